The normalized spacial score (nSPS) is 11.7. The molecule has 0 aliphatic carbocycles. The van der Waals surface area contributed by atoms with Crippen molar-refractivity contribution < 1.29 is 18.8 Å². The van der Waals surface area contributed by atoms with Crippen LogP contribution in [0, 0.1) is 12.7 Å². The number of carbonyl (C=O) groups excluding carboxylic acids is 3. The van der Waals surface area contributed by atoms with Crippen LogP contribution in [0.25, 0.3) is 6.08 Å². The molecule has 0 fully saturated rings. The number of rotatable bonds is 10. The number of aryl methyl sites for hydroxylation is 1. The fourth-order valence-electron chi connectivity index (χ4n) is 4.51. The van der Waals surface area contributed by atoms with Crippen molar-refractivity contribution in [3.63, 3.8) is 0 Å². The van der Waals surface area contributed by atoms with Gasteiger partial charge in [0.1, 0.15) is 16.8 Å². The van der Waals surface area contributed by atoms with Gasteiger partial charge in [0.15, 0.2) is 0 Å². The van der Waals surface area contributed by atoms with Crippen LogP contribution in [0.4, 0.5) is 15.8 Å². The molecule has 1 atom stereocenters. The van der Waals surface area contributed by atoms with Gasteiger partial charge in [-0.05, 0) is 66.6 Å². The molecule has 0 aliphatic rings. The highest BCUT2D eigenvalue weighted by Crippen LogP contribution is 2.37. The van der Waals surface area contributed by atoms with Crippen molar-refractivity contribution in [3.8, 4) is 0 Å². The fourth-order valence-corrected chi connectivity index (χ4v) is 5.60. The standard InChI is InChI=1S/C37H30FN3O3S/c1-25-12-10-13-26(22-25)23-33(41-35(42)28-16-6-3-7-17-28)36(43)39-29-18-11-19-30(24-29)45-34(27-14-4-2-5-15-27)37(44)40-32-21-9-8-20-31(32)38/h2-24,34H,1H3,(H,39,43)(H,40,44)(H,41,42)/b33-23+. The number of hydrogen-bond donors (Lipinski definition) is 3. The third kappa shape index (κ3) is 8.55. The van der Waals surface area contributed by atoms with E-state index < -0.39 is 28.8 Å². The molecule has 0 aliphatic heterocycles. The minimum absolute atomic E-state index is 0.0685. The third-order valence-electron chi connectivity index (χ3n) is 6.70. The summed E-state index contributed by atoms with van der Waals surface area (Å²) in [5.41, 5.74) is 3.54. The molecule has 3 N–H and O–H groups in total. The average Bonchev–Trinajstić information content (AvgIpc) is 3.05. The molecule has 5 aromatic rings. The molecule has 3 amide bonds. The van der Waals surface area contributed by atoms with Crippen LogP contribution in [0.3, 0.4) is 0 Å². The zero-order chi connectivity index (χ0) is 31.6. The van der Waals surface area contributed by atoms with Crippen molar-refractivity contribution >= 4 is 46.9 Å². The summed E-state index contributed by atoms with van der Waals surface area (Å²) >= 11 is 1.27. The number of amides is 3. The molecular formula is C37H30FN3O3S. The molecule has 0 saturated heterocycles. The maximum absolute atomic E-state index is 14.3. The first-order valence-corrected chi connectivity index (χ1v) is 15.1. The molecule has 0 saturated carbocycles. The predicted molar refractivity (Wildman–Crippen MR) is 178 cm³/mol. The Bertz CT molecular complexity index is 1840. The monoisotopic (exact) mass is 615 g/mol. The highest BCUT2D eigenvalue weighted by atomic mass is 32.2. The lowest BCUT2D eigenvalue weighted by Gasteiger charge is -2.18. The summed E-state index contributed by atoms with van der Waals surface area (Å²) in [5.74, 6) is -1.85. The second-order valence-electron chi connectivity index (χ2n) is 10.2. The summed E-state index contributed by atoms with van der Waals surface area (Å²) in [5, 5.41) is 7.62. The quantitative estimate of drug-likeness (QED) is 0.110. The zero-order valence-electron chi connectivity index (χ0n) is 24.4. The minimum Gasteiger partial charge on any atom is -0.322 e. The highest BCUT2D eigenvalue weighted by Gasteiger charge is 2.23. The maximum Gasteiger partial charge on any atom is 0.272 e. The molecule has 0 bridgehead atoms. The lowest BCUT2D eigenvalue weighted by molar-refractivity contribution is -0.116. The van der Waals surface area contributed by atoms with Gasteiger partial charge in [-0.1, -0.05) is 96.6 Å². The summed E-state index contributed by atoms with van der Waals surface area (Å²) in [6.45, 7) is 1.95. The topological polar surface area (TPSA) is 87.3 Å². The molecule has 1 unspecified atom stereocenters. The highest BCUT2D eigenvalue weighted by molar-refractivity contribution is 8.00. The van der Waals surface area contributed by atoms with Crippen molar-refractivity contribution in [2.75, 3.05) is 10.6 Å². The molecule has 0 aromatic heterocycles. The second kappa shape index (κ2) is 14.8. The van der Waals surface area contributed by atoms with Crippen molar-refractivity contribution in [2.24, 2.45) is 0 Å². The van der Waals surface area contributed by atoms with Crippen LogP contribution in [0.15, 0.2) is 144 Å². The van der Waals surface area contributed by atoms with Gasteiger partial charge in [0, 0.05) is 16.1 Å². The van der Waals surface area contributed by atoms with E-state index in [1.165, 1.54) is 23.9 Å². The van der Waals surface area contributed by atoms with Gasteiger partial charge in [0.05, 0.1) is 5.69 Å². The third-order valence-corrected chi connectivity index (χ3v) is 7.95. The molecule has 224 valence electrons. The molecule has 6 nitrogen and oxygen atoms in total. The van der Waals surface area contributed by atoms with Crippen LogP contribution in [0.2, 0.25) is 0 Å². The number of thioether (sulfide) groups is 1. The van der Waals surface area contributed by atoms with E-state index in [9.17, 15) is 18.8 Å². The van der Waals surface area contributed by atoms with Gasteiger partial charge in [-0.3, -0.25) is 14.4 Å². The van der Waals surface area contributed by atoms with Crippen LogP contribution >= 0.6 is 11.8 Å². The van der Waals surface area contributed by atoms with E-state index in [-0.39, 0.29) is 11.4 Å². The molecular weight excluding hydrogens is 585 g/mol. The Morgan fingerprint density at radius 2 is 1.42 bits per heavy atom. The first-order chi connectivity index (χ1) is 21.9. The molecule has 5 aromatic carbocycles. The van der Waals surface area contributed by atoms with Gasteiger partial charge in [-0.2, -0.15) is 0 Å². The Kier molecular flexibility index (Phi) is 10.2. The summed E-state index contributed by atoms with van der Waals surface area (Å²) < 4.78 is 14.3. The smallest absolute Gasteiger partial charge is 0.272 e. The minimum atomic E-state index is -0.710. The summed E-state index contributed by atoms with van der Waals surface area (Å²) in [6, 6.07) is 38.5. The molecule has 0 radical (unpaired) electrons. The van der Waals surface area contributed by atoms with Crippen LogP contribution in [0.5, 0.6) is 0 Å². The van der Waals surface area contributed by atoms with Crippen molar-refractivity contribution in [3.05, 3.63) is 167 Å². The van der Waals surface area contributed by atoms with Crippen LogP contribution in [-0.4, -0.2) is 17.7 Å². The number of benzene rings is 5. The van der Waals surface area contributed by atoms with E-state index in [2.05, 4.69) is 16.0 Å². The van der Waals surface area contributed by atoms with E-state index in [4.69, 9.17) is 0 Å². The largest absolute Gasteiger partial charge is 0.322 e. The van der Waals surface area contributed by atoms with Crippen molar-refractivity contribution in [1.82, 2.24) is 5.32 Å². The van der Waals surface area contributed by atoms with E-state index in [0.29, 0.717) is 16.1 Å². The van der Waals surface area contributed by atoms with Crippen molar-refractivity contribution in [1.29, 1.82) is 0 Å². The Labute approximate surface area is 265 Å². The molecule has 8 heteroatoms. The lowest BCUT2D eigenvalue weighted by Crippen LogP contribution is -2.30. The summed E-state index contributed by atoms with van der Waals surface area (Å²) in [7, 11) is 0. The summed E-state index contributed by atoms with van der Waals surface area (Å²) in [4.78, 5) is 40.7. The van der Waals surface area contributed by atoms with E-state index in [1.54, 1.807) is 60.7 Å². The second-order valence-corrected chi connectivity index (χ2v) is 11.3. The SMILES string of the molecule is Cc1cccc(/C=C(/NC(=O)c2ccccc2)C(=O)Nc2cccc(SC(C(=O)Nc3ccccc3F)c3ccccc3)c2)c1. The van der Waals surface area contributed by atoms with Crippen LogP contribution in [-0.2, 0) is 9.59 Å². The molecule has 0 heterocycles. The van der Waals surface area contributed by atoms with E-state index in [0.717, 1.165) is 16.7 Å². The number of carbonyl (C=O) groups is 3. The Morgan fingerprint density at radius 3 is 2.16 bits per heavy atom. The van der Waals surface area contributed by atoms with Crippen molar-refractivity contribution in [2.45, 2.75) is 17.1 Å². The van der Waals surface area contributed by atoms with E-state index in [1.807, 2.05) is 73.7 Å². The Balaban J connectivity index is 1.38. The number of hydrogen-bond acceptors (Lipinski definition) is 4. The zero-order valence-corrected chi connectivity index (χ0v) is 25.2. The first kappa shape index (κ1) is 31.0. The van der Waals surface area contributed by atoms with Crippen LogP contribution < -0.4 is 16.0 Å². The van der Waals surface area contributed by atoms with E-state index >= 15 is 0 Å². The molecule has 45 heavy (non-hydrogen) atoms. The van der Waals surface area contributed by atoms with Gasteiger partial charge in [0.25, 0.3) is 11.8 Å². The van der Waals surface area contributed by atoms with Gasteiger partial charge in [-0.15, -0.1) is 11.8 Å². The first-order valence-electron chi connectivity index (χ1n) is 14.2. The van der Waals surface area contributed by atoms with Gasteiger partial charge < -0.3 is 16.0 Å². The van der Waals surface area contributed by atoms with Gasteiger partial charge in [0.2, 0.25) is 5.91 Å². The average molecular weight is 616 g/mol. The Hall–Kier alpha value is -5.47. The Morgan fingerprint density at radius 1 is 0.733 bits per heavy atom. The van der Waals surface area contributed by atoms with Gasteiger partial charge in [-0.25, -0.2) is 4.39 Å². The van der Waals surface area contributed by atoms with Gasteiger partial charge >= 0.3 is 0 Å². The number of nitrogens with one attached hydrogen (secondary N) is 3. The molecule has 0 spiro atoms. The predicted octanol–water partition coefficient (Wildman–Crippen LogP) is 8.02. The van der Waals surface area contributed by atoms with Crippen LogP contribution in [0.1, 0.15) is 32.3 Å². The number of anilines is 2. The summed E-state index contributed by atoms with van der Waals surface area (Å²) in [6.07, 6.45) is 1.63. The lowest BCUT2D eigenvalue weighted by atomic mass is 10.1. The maximum atomic E-state index is 14.3. The number of halogens is 1. The number of para-hydroxylation sites is 1. The molecule has 5 rings (SSSR count). The fraction of sp³-hybridized carbons (Fsp3) is 0.0541.